The largest absolute Gasteiger partial charge is 0.368 e. The van der Waals surface area contributed by atoms with Gasteiger partial charge < -0.3 is 16.0 Å². The van der Waals surface area contributed by atoms with Crippen LogP contribution in [-0.2, 0) is 26.2 Å². The Balaban J connectivity index is 1.92. The molecule has 2 aromatic carbocycles. The van der Waals surface area contributed by atoms with Gasteiger partial charge in [-0.15, -0.1) is 0 Å². The van der Waals surface area contributed by atoms with Crippen LogP contribution in [0.25, 0.3) is 0 Å². The molecule has 0 aromatic heterocycles. The maximum Gasteiger partial charge on any atom is 0.242 e. The summed E-state index contributed by atoms with van der Waals surface area (Å²) >= 11 is 0. The van der Waals surface area contributed by atoms with E-state index in [-0.39, 0.29) is 18.2 Å². The lowest BCUT2D eigenvalue weighted by atomic mass is 9.73. The molecule has 2 aromatic rings. The average molecular weight is 393 g/mol. The fraction of sp³-hybridized carbons (Fsp3) is 0.348. The molecule has 1 aliphatic rings. The second-order valence-electron chi connectivity index (χ2n) is 8.16. The van der Waals surface area contributed by atoms with Crippen LogP contribution in [0, 0.1) is 0 Å². The molecule has 0 bridgehead atoms. The van der Waals surface area contributed by atoms with Crippen molar-refractivity contribution in [3.05, 3.63) is 65.7 Å². The predicted octanol–water partition coefficient (Wildman–Crippen LogP) is 2.30. The van der Waals surface area contributed by atoms with Gasteiger partial charge in [-0.2, -0.15) is 0 Å². The second kappa shape index (κ2) is 7.70. The summed E-state index contributed by atoms with van der Waals surface area (Å²) in [5, 5.41) is 2.67. The summed E-state index contributed by atoms with van der Waals surface area (Å²) in [6, 6.07) is 17.5. The van der Waals surface area contributed by atoms with Gasteiger partial charge in [0.1, 0.15) is 5.54 Å². The number of fused-ring (bicyclic) bond motifs is 1. The molecule has 3 rings (SSSR count). The van der Waals surface area contributed by atoms with E-state index in [1.165, 1.54) is 0 Å². The fourth-order valence-electron chi connectivity index (χ4n) is 3.96. The Morgan fingerprint density at radius 1 is 1.07 bits per heavy atom. The molecule has 1 atom stereocenters. The lowest BCUT2D eigenvalue weighted by molar-refractivity contribution is -0.131. The number of carbonyl (C=O) groups is 3. The standard InChI is InChI=1S/C23H27N3O3/c1-22(2,20(24)28)25-19(27)13-14-23(15-16-9-5-4-6-10-16)17-11-7-8-12-18(17)26(3)21(23)29/h4-12H,13-15H2,1-3H3,(H2,24,28)(H,25,27)/t23-/m1/s1. The molecular weight excluding hydrogens is 366 g/mol. The highest BCUT2D eigenvalue weighted by atomic mass is 16.2. The number of amides is 3. The number of para-hydroxylation sites is 1. The van der Waals surface area contributed by atoms with Crippen molar-refractivity contribution in [2.24, 2.45) is 5.73 Å². The third kappa shape index (κ3) is 3.88. The van der Waals surface area contributed by atoms with Crippen molar-refractivity contribution in [2.75, 3.05) is 11.9 Å². The molecule has 1 heterocycles. The minimum Gasteiger partial charge on any atom is -0.368 e. The van der Waals surface area contributed by atoms with Gasteiger partial charge in [-0.25, -0.2) is 0 Å². The summed E-state index contributed by atoms with van der Waals surface area (Å²) in [7, 11) is 1.77. The van der Waals surface area contributed by atoms with Gasteiger partial charge >= 0.3 is 0 Å². The van der Waals surface area contributed by atoms with Gasteiger partial charge in [0.15, 0.2) is 0 Å². The van der Waals surface area contributed by atoms with Gasteiger partial charge in [0.2, 0.25) is 17.7 Å². The lowest BCUT2D eigenvalue weighted by Crippen LogP contribution is -2.53. The first-order valence-corrected chi connectivity index (χ1v) is 9.70. The Morgan fingerprint density at radius 3 is 2.34 bits per heavy atom. The molecule has 0 aliphatic carbocycles. The summed E-state index contributed by atoms with van der Waals surface area (Å²) < 4.78 is 0. The maximum absolute atomic E-state index is 13.4. The molecule has 6 nitrogen and oxygen atoms in total. The summed E-state index contributed by atoms with van der Waals surface area (Å²) in [6.45, 7) is 3.13. The van der Waals surface area contributed by atoms with E-state index in [0.717, 1.165) is 16.8 Å². The number of hydrogen-bond donors (Lipinski definition) is 2. The van der Waals surface area contributed by atoms with E-state index < -0.39 is 16.9 Å². The predicted molar refractivity (Wildman–Crippen MR) is 112 cm³/mol. The van der Waals surface area contributed by atoms with Crippen LogP contribution in [0.1, 0.15) is 37.8 Å². The third-order valence-electron chi connectivity index (χ3n) is 5.69. The quantitative estimate of drug-likeness (QED) is 0.756. The van der Waals surface area contributed by atoms with Gasteiger partial charge in [-0.05, 0) is 43.9 Å². The van der Waals surface area contributed by atoms with Crippen LogP contribution in [0.15, 0.2) is 54.6 Å². The van der Waals surface area contributed by atoms with Gasteiger partial charge in [0, 0.05) is 19.2 Å². The number of nitrogens with one attached hydrogen (secondary N) is 1. The van der Waals surface area contributed by atoms with E-state index in [0.29, 0.717) is 12.8 Å². The third-order valence-corrected chi connectivity index (χ3v) is 5.69. The van der Waals surface area contributed by atoms with Gasteiger partial charge in [0.25, 0.3) is 0 Å². The highest BCUT2D eigenvalue weighted by Crippen LogP contribution is 2.46. The van der Waals surface area contributed by atoms with Crippen molar-refractivity contribution < 1.29 is 14.4 Å². The zero-order valence-electron chi connectivity index (χ0n) is 17.1. The van der Waals surface area contributed by atoms with Crippen molar-refractivity contribution in [1.82, 2.24) is 5.32 Å². The van der Waals surface area contributed by atoms with Crippen molar-refractivity contribution in [1.29, 1.82) is 0 Å². The first-order chi connectivity index (χ1) is 13.7. The monoisotopic (exact) mass is 393 g/mol. The molecule has 1 aliphatic heterocycles. The maximum atomic E-state index is 13.4. The highest BCUT2D eigenvalue weighted by molar-refractivity contribution is 6.08. The van der Waals surface area contributed by atoms with E-state index in [2.05, 4.69) is 5.32 Å². The fourth-order valence-corrected chi connectivity index (χ4v) is 3.96. The van der Waals surface area contributed by atoms with Crippen molar-refractivity contribution in [3.8, 4) is 0 Å². The van der Waals surface area contributed by atoms with Crippen LogP contribution in [0.2, 0.25) is 0 Å². The lowest BCUT2D eigenvalue weighted by Gasteiger charge is -2.29. The SMILES string of the molecule is CN1C(=O)[C@](CCC(=O)NC(C)(C)C(N)=O)(Cc2ccccc2)c2ccccc21. The number of anilines is 1. The van der Waals surface area contributed by atoms with E-state index in [1.807, 2.05) is 54.6 Å². The number of nitrogens with two attached hydrogens (primary N) is 1. The number of likely N-dealkylation sites (N-methyl/N-ethyl adjacent to an activating group) is 1. The van der Waals surface area contributed by atoms with Gasteiger partial charge in [0.05, 0.1) is 5.41 Å². The molecule has 3 amide bonds. The summed E-state index contributed by atoms with van der Waals surface area (Å²) in [5.74, 6) is -0.933. The Hall–Kier alpha value is -3.15. The highest BCUT2D eigenvalue weighted by Gasteiger charge is 2.49. The minimum absolute atomic E-state index is 0.0236. The molecule has 152 valence electrons. The molecule has 0 fully saturated rings. The minimum atomic E-state index is -1.14. The molecule has 0 radical (unpaired) electrons. The normalized spacial score (nSPS) is 18.4. The van der Waals surface area contributed by atoms with E-state index in [9.17, 15) is 14.4 Å². The van der Waals surface area contributed by atoms with Crippen LogP contribution in [0.5, 0.6) is 0 Å². The zero-order valence-corrected chi connectivity index (χ0v) is 17.1. The van der Waals surface area contributed by atoms with Crippen molar-refractivity contribution in [3.63, 3.8) is 0 Å². The Morgan fingerprint density at radius 2 is 1.69 bits per heavy atom. The summed E-state index contributed by atoms with van der Waals surface area (Å²) in [5.41, 5.74) is 6.21. The average Bonchev–Trinajstić information content (AvgIpc) is 2.89. The molecule has 3 N–H and O–H groups in total. The second-order valence-corrected chi connectivity index (χ2v) is 8.16. The molecule has 0 saturated carbocycles. The summed E-state index contributed by atoms with van der Waals surface area (Å²) in [4.78, 5) is 39.2. The number of benzene rings is 2. The number of carbonyl (C=O) groups excluding carboxylic acids is 3. The zero-order chi connectivity index (χ0) is 21.2. The Kier molecular flexibility index (Phi) is 5.46. The molecule has 29 heavy (non-hydrogen) atoms. The number of hydrogen-bond acceptors (Lipinski definition) is 3. The molecule has 0 unspecified atom stereocenters. The first-order valence-electron chi connectivity index (χ1n) is 9.70. The van der Waals surface area contributed by atoms with E-state index in [4.69, 9.17) is 5.73 Å². The van der Waals surface area contributed by atoms with Gasteiger partial charge in [-0.1, -0.05) is 48.5 Å². The smallest absolute Gasteiger partial charge is 0.242 e. The van der Waals surface area contributed by atoms with Crippen molar-refractivity contribution >= 4 is 23.4 Å². The number of primary amides is 1. The molecule has 0 saturated heterocycles. The van der Waals surface area contributed by atoms with Crippen LogP contribution in [-0.4, -0.2) is 30.3 Å². The Bertz CT molecular complexity index is 939. The van der Waals surface area contributed by atoms with Gasteiger partial charge in [-0.3, -0.25) is 14.4 Å². The molecule has 0 spiro atoms. The van der Waals surface area contributed by atoms with Crippen LogP contribution >= 0.6 is 0 Å². The van der Waals surface area contributed by atoms with E-state index >= 15 is 0 Å². The number of nitrogens with zero attached hydrogens (tertiary/aromatic N) is 1. The van der Waals surface area contributed by atoms with Crippen LogP contribution < -0.4 is 16.0 Å². The topological polar surface area (TPSA) is 92.5 Å². The van der Waals surface area contributed by atoms with Crippen LogP contribution in [0.4, 0.5) is 5.69 Å². The van der Waals surface area contributed by atoms with Crippen LogP contribution in [0.3, 0.4) is 0 Å². The first kappa shape index (κ1) is 20.6. The molecular formula is C23H27N3O3. The van der Waals surface area contributed by atoms with E-state index in [1.54, 1.807) is 25.8 Å². The summed E-state index contributed by atoms with van der Waals surface area (Å²) in [6.07, 6.45) is 0.945. The number of rotatable bonds is 7. The van der Waals surface area contributed by atoms with Crippen molar-refractivity contribution in [2.45, 2.75) is 44.1 Å². The Labute approximate surface area is 171 Å². The molecule has 6 heteroatoms.